The normalized spacial score (nSPS) is 12.6. The van der Waals surface area contributed by atoms with Crippen LogP contribution in [-0.2, 0) is 6.42 Å². The van der Waals surface area contributed by atoms with Gasteiger partial charge in [0.1, 0.15) is 11.5 Å². The molecule has 2 aromatic carbocycles. The van der Waals surface area contributed by atoms with Gasteiger partial charge in [0.2, 0.25) is 0 Å². The highest BCUT2D eigenvalue weighted by Gasteiger charge is 2.18. The lowest BCUT2D eigenvalue weighted by Crippen LogP contribution is -2.04. The zero-order valence-electron chi connectivity index (χ0n) is 8.53. The highest BCUT2D eigenvalue weighted by molar-refractivity contribution is 9.10. The predicted octanol–water partition coefficient (Wildman–Crippen LogP) is 3.73. The molecule has 0 aromatic heterocycles. The number of rotatable bonds is 0. The molecule has 3 heteroatoms. The van der Waals surface area contributed by atoms with E-state index in [1.807, 2.05) is 30.3 Å². The van der Waals surface area contributed by atoms with Gasteiger partial charge in [-0.2, -0.15) is 0 Å². The first kappa shape index (κ1) is 9.73. The Kier molecular flexibility index (Phi) is 2.14. The van der Waals surface area contributed by atoms with Crippen molar-refractivity contribution in [2.75, 3.05) is 5.73 Å². The van der Waals surface area contributed by atoms with E-state index in [1.54, 1.807) is 0 Å². The van der Waals surface area contributed by atoms with Gasteiger partial charge < -0.3 is 10.5 Å². The van der Waals surface area contributed by atoms with Crippen LogP contribution in [0.15, 0.2) is 40.9 Å². The van der Waals surface area contributed by atoms with Crippen LogP contribution in [0.4, 0.5) is 5.69 Å². The first-order valence-electron chi connectivity index (χ1n) is 5.08. The lowest BCUT2D eigenvalue weighted by molar-refractivity contribution is 0.457. The van der Waals surface area contributed by atoms with Gasteiger partial charge in [0.15, 0.2) is 0 Å². The Labute approximate surface area is 102 Å². The van der Waals surface area contributed by atoms with Crippen LogP contribution < -0.4 is 10.5 Å². The second-order valence-electron chi connectivity index (χ2n) is 3.87. The van der Waals surface area contributed by atoms with Crippen LogP contribution in [0.2, 0.25) is 0 Å². The maximum Gasteiger partial charge on any atom is 0.145 e. The van der Waals surface area contributed by atoms with Crippen LogP contribution in [0.25, 0.3) is 0 Å². The van der Waals surface area contributed by atoms with Gasteiger partial charge in [-0.05, 0) is 40.2 Å². The van der Waals surface area contributed by atoms with E-state index in [0.29, 0.717) is 0 Å². The summed E-state index contributed by atoms with van der Waals surface area (Å²) in [7, 11) is 0. The summed E-state index contributed by atoms with van der Waals surface area (Å²) in [6.07, 6.45) is 0.870. The summed E-state index contributed by atoms with van der Waals surface area (Å²) in [4.78, 5) is 0. The van der Waals surface area contributed by atoms with Crippen molar-refractivity contribution in [2.24, 2.45) is 0 Å². The zero-order valence-corrected chi connectivity index (χ0v) is 10.1. The minimum absolute atomic E-state index is 0.779. The first-order chi connectivity index (χ1) is 7.74. The summed E-state index contributed by atoms with van der Waals surface area (Å²) in [6, 6.07) is 11.8. The molecule has 0 saturated carbocycles. The number of anilines is 1. The summed E-state index contributed by atoms with van der Waals surface area (Å²) < 4.78 is 6.85. The van der Waals surface area contributed by atoms with Gasteiger partial charge in [-0.25, -0.2) is 0 Å². The molecule has 16 heavy (non-hydrogen) atoms. The molecule has 3 rings (SSSR count). The minimum Gasteiger partial charge on any atom is -0.456 e. The lowest BCUT2D eigenvalue weighted by Gasteiger charge is -2.21. The van der Waals surface area contributed by atoms with Crippen LogP contribution in [0.1, 0.15) is 11.1 Å². The Morgan fingerprint density at radius 3 is 2.88 bits per heavy atom. The Morgan fingerprint density at radius 1 is 1.12 bits per heavy atom. The standard InChI is InChI=1S/C13H10BrNO/c14-11-3-1-2-8-6-9-7-10(15)4-5-12(9)16-13(8)11/h1-5,7H,6,15H2. The van der Waals surface area contributed by atoms with Crippen LogP contribution in [-0.4, -0.2) is 0 Å². The largest absolute Gasteiger partial charge is 0.456 e. The fraction of sp³-hybridized carbons (Fsp3) is 0.0769. The van der Waals surface area contributed by atoms with Gasteiger partial charge in [-0.3, -0.25) is 0 Å². The average Bonchev–Trinajstić information content (AvgIpc) is 2.27. The van der Waals surface area contributed by atoms with E-state index in [4.69, 9.17) is 10.5 Å². The highest BCUT2D eigenvalue weighted by Crippen LogP contribution is 2.41. The molecule has 1 aliphatic heterocycles. The summed E-state index contributed by atoms with van der Waals surface area (Å²) in [6.45, 7) is 0. The Hall–Kier alpha value is -1.48. The Morgan fingerprint density at radius 2 is 2.00 bits per heavy atom. The smallest absolute Gasteiger partial charge is 0.145 e. The topological polar surface area (TPSA) is 35.2 Å². The third-order valence-electron chi connectivity index (χ3n) is 2.73. The molecule has 0 amide bonds. The number of hydrogen-bond acceptors (Lipinski definition) is 2. The van der Waals surface area contributed by atoms with Gasteiger partial charge in [0.25, 0.3) is 0 Å². The fourth-order valence-corrected chi connectivity index (χ4v) is 2.45. The van der Waals surface area contributed by atoms with Gasteiger partial charge in [0, 0.05) is 23.2 Å². The van der Waals surface area contributed by atoms with Crippen molar-refractivity contribution in [2.45, 2.75) is 6.42 Å². The molecule has 2 nitrogen and oxygen atoms in total. The van der Waals surface area contributed by atoms with Crippen LogP contribution in [0.5, 0.6) is 11.5 Å². The third-order valence-corrected chi connectivity index (χ3v) is 3.35. The molecular formula is C13H10BrNO. The quantitative estimate of drug-likeness (QED) is 0.635. The van der Waals surface area contributed by atoms with E-state index >= 15 is 0 Å². The highest BCUT2D eigenvalue weighted by atomic mass is 79.9. The van der Waals surface area contributed by atoms with E-state index in [2.05, 4.69) is 22.0 Å². The summed E-state index contributed by atoms with van der Waals surface area (Å²) >= 11 is 3.50. The van der Waals surface area contributed by atoms with Crippen molar-refractivity contribution >= 4 is 21.6 Å². The maximum absolute atomic E-state index is 5.86. The molecule has 0 saturated heterocycles. The summed E-state index contributed by atoms with van der Waals surface area (Å²) in [5.74, 6) is 1.81. The number of ether oxygens (including phenoxy) is 1. The lowest BCUT2D eigenvalue weighted by atomic mass is 10.00. The van der Waals surface area contributed by atoms with Crippen molar-refractivity contribution in [1.29, 1.82) is 0 Å². The molecule has 1 aliphatic rings. The van der Waals surface area contributed by atoms with E-state index in [1.165, 1.54) is 5.56 Å². The molecular weight excluding hydrogens is 266 g/mol. The summed E-state index contributed by atoms with van der Waals surface area (Å²) in [5.41, 5.74) is 8.88. The second kappa shape index (κ2) is 3.52. The van der Waals surface area contributed by atoms with E-state index in [0.717, 1.165) is 33.6 Å². The molecule has 0 unspecified atom stereocenters. The van der Waals surface area contributed by atoms with Gasteiger partial charge in [0.05, 0.1) is 4.47 Å². The third kappa shape index (κ3) is 1.48. The van der Waals surface area contributed by atoms with Crippen LogP contribution >= 0.6 is 15.9 Å². The SMILES string of the molecule is Nc1ccc2c(c1)Cc1cccc(Br)c1O2. The number of fused-ring (bicyclic) bond motifs is 2. The van der Waals surface area contributed by atoms with Crippen molar-refractivity contribution < 1.29 is 4.74 Å². The van der Waals surface area contributed by atoms with Crippen molar-refractivity contribution in [3.05, 3.63) is 52.0 Å². The zero-order chi connectivity index (χ0) is 11.1. The monoisotopic (exact) mass is 275 g/mol. The molecule has 0 atom stereocenters. The van der Waals surface area contributed by atoms with E-state index < -0.39 is 0 Å². The number of benzene rings is 2. The van der Waals surface area contributed by atoms with Crippen LogP contribution in [0, 0.1) is 0 Å². The molecule has 0 radical (unpaired) electrons. The van der Waals surface area contributed by atoms with Gasteiger partial charge in [-0.15, -0.1) is 0 Å². The van der Waals surface area contributed by atoms with Crippen molar-refractivity contribution in [3.8, 4) is 11.5 Å². The molecule has 0 aliphatic carbocycles. The molecule has 0 spiro atoms. The van der Waals surface area contributed by atoms with E-state index in [-0.39, 0.29) is 0 Å². The van der Waals surface area contributed by atoms with Crippen molar-refractivity contribution in [3.63, 3.8) is 0 Å². The predicted molar refractivity (Wildman–Crippen MR) is 67.9 cm³/mol. The molecule has 2 N–H and O–H groups in total. The number of nitrogens with two attached hydrogens (primary N) is 1. The first-order valence-corrected chi connectivity index (χ1v) is 5.87. The Bertz CT molecular complexity index is 566. The molecule has 1 heterocycles. The molecule has 2 aromatic rings. The molecule has 0 bridgehead atoms. The van der Waals surface area contributed by atoms with E-state index in [9.17, 15) is 0 Å². The average molecular weight is 276 g/mol. The number of halogens is 1. The molecule has 0 fully saturated rings. The number of hydrogen-bond donors (Lipinski definition) is 1. The Balaban J connectivity index is 2.13. The van der Waals surface area contributed by atoms with Gasteiger partial charge in [-0.1, -0.05) is 12.1 Å². The van der Waals surface area contributed by atoms with Gasteiger partial charge >= 0.3 is 0 Å². The second-order valence-corrected chi connectivity index (χ2v) is 4.73. The minimum atomic E-state index is 0.779. The van der Waals surface area contributed by atoms with Crippen molar-refractivity contribution in [1.82, 2.24) is 0 Å². The summed E-state index contributed by atoms with van der Waals surface area (Å²) in [5, 5.41) is 0. The van der Waals surface area contributed by atoms with Crippen LogP contribution in [0.3, 0.4) is 0 Å². The fourth-order valence-electron chi connectivity index (χ4n) is 1.96. The molecule has 80 valence electrons. The maximum atomic E-state index is 5.86. The number of para-hydroxylation sites is 1. The number of nitrogen functional groups attached to an aromatic ring is 1.